The molecule has 1 unspecified atom stereocenters. The molecule has 0 aromatic rings. The molecule has 0 aromatic heterocycles. The first kappa shape index (κ1) is 11.7. The Labute approximate surface area is 111 Å². The van der Waals surface area contributed by atoms with Gasteiger partial charge in [-0.05, 0) is 75.5 Å². The van der Waals surface area contributed by atoms with E-state index in [-0.39, 0.29) is 0 Å². The number of nitrogens with one attached hydrogen (secondary N) is 2. The normalized spacial score (nSPS) is 53.7. The molecule has 5 fully saturated rings. The first-order valence-corrected chi connectivity index (χ1v) is 8.09. The molecule has 1 heterocycles. The summed E-state index contributed by atoms with van der Waals surface area (Å²) in [7, 11) is 0. The lowest BCUT2D eigenvalue weighted by molar-refractivity contribution is -0.0560. The molecule has 1 aliphatic heterocycles. The first-order chi connectivity index (χ1) is 8.61. The van der Waals surface area contributed by atoms with E-state index in [4.69, 9.17) is 0 Å². The summed E-state index contributed by atoms with van der Waals surface area (Å²) in [5, 5.41) is 7.63. The van der Waals surface area contributed by atoms with Gasteiger partial charge in [0.2, 0.25) is 0 Å². The lowest BCUT2D eigenvalue weighted by Crippen LogP contribution is -2.65. The van der Waals surface area contributed by atoms with Crippen LogP contribution in [0.15, 0.2) is 0 Å². The van der Waals surface area contributed by atoms with Gasteiger partial charge in [-0.15, -0.1) is 0 Å². The summed E-state index contributed by atoms with van der Waals surface area (Å²) in [6.07, 6.45) is 7.79. The van der Waals surface area contributed by atoms with Gasteiger partial charge in [-0.3, -0.25) is 0 Å². The maximum Gasteiger partial charge on any atom is 0.0250 e. The van der Waals surface area contributed by atoms with Crippen LogP contribution in [0.25, 0.3) is 0 Å². The standard InChI is InChI=1S/C16H28N2/c1-16(2)9-17-14(8-18-16)15-12-4-10-3-11(6-12)7-13(15)5-10/h10-15,17-18H,3-9H2,1-2H3. The van der Waals surface area contributed by atoms with Gasteiger partial charge < -0.3 is 10.6 Å². The molecule has 1 atom stereocenters. The SMILES string of the molecule is CC1(C)CNC(C2C3CC4CC(C3)CC2C4)CN1. The molecule has 4 bridgehead atoms. The average Bonchev–Trinajstić information content (AvgIpc) is 2.29. The highest BCUT2D eigenvalue weighted by atomic mass is 15.1. The molecule has 1 saturated heterocycles. The van der Waals surface area contributed by atoms with E-state index in [1.165, 1.54) is 6.54 Å². The summed E-state index contributed by atoms with van der Waals surface area (Å²) in [6, 6.07) is 0.757. The van der Waals surface area contributed by atoms with Gasteiger partial charge in [0.05, 0.1) is 0 Å². The molecule has 4 saturated carbocycles. The van der Waals surface area contributed by atoms with Crippen molar-refractivity contribution in [3.8, 4) is 0 Å². The average molecular weight is 248 g/mol. The Morgan fingerprint density at radius 3 is 2.00 bits per heavy atom. The van der Waals surface area contributed by atoms with E-state index in [2.05, 4.69) is 24.5 Å². The molecule has 18 heavy (non-hydrogen) atoms. The van der Waals surface area contributed by atoms with E-state index in [0.29, 0.717) is 5.54 Å². The summed E-state index contributed by atoms with van der Waals surface area (Å²) < 4.78 is 0. The van der Waals surface area contributed by atoms with Gasteiger partial charge in [-0.1, -0.05) is 0 Å². The molecule has 2 nitrogen and oxygen atoms in total. The van der Waals surface area contributed by atoms with Gasteiger partial charge in [-0.25, -0.2) is 0 Å². The molecule has 0 radical (unpaired) electrons. The monoisotopic (exact) mass is 248 g/mol. The van der Waals surface area contributed by atoms with E-state index in [9.17, 15) is 0 Å². The van der Waals surface area contributed by atoms with E-state index in [0.717, 1.165) is 42.2 Å². The Hall–Kier alpha value is -0.0800. The fourth-order valence-corrected chi connectivity index (χ4v) is 5.80. The second kappa shape index (κ2) is 3.96. The Morgan fingerprint density at radius 1 is 0.889 bits per heavy atom. The molecule has 4 aliphatic carbocycles. The Bertz CT molecular complexity index is 298. The summed E-state index contributed by atoms with van der Waals surface area (Å²) in [4.78, 5) is 0. The summed E-state index contributed by atoms with van der Waals surface area (Å²) in [6.45, 7) is 6.96. The molecule has 2 N–H and O–H groups in total. The third-order valence-electron chi connectivity index (χ3n) is 6.37. The van der Waals surface area contributed by atoms with Crippen LogP contribution in [0.4, 0.5) is 0 Å². The van der Waals surface area contributed by atoms with Crippen LogP contribution in [0.1, 0.15) is 46.0 Å². The van der Waals surface area contributed by atoms with Crippen molar-refractivity contribution in [1.29, 1.82) is 0 Å². The quantitative estimate of drug-likeness (QED) is 0.744. The summed E-state index contributed by atoms with van der Waals surface area (Å²) >= 11 is 0. The molecular formula is C16H28N2. The molecule has 5 rings (SSSR count). The van der Waals surface area contributed by atoms with Crippen LogP contribution in [0.5, 0.6) is 0 Å². The van der Waals surface area contributed by atoms with Crippen molar-refractivity contribution >= 4 is 0 Å². The molecule has 102 valence electrons. The number of rotatable bonds is 1. The largest absolute Gasteiger partial charge is 0.311 e. The molecular weight excluding hydrogens is 220 g/mol. The van der Waals surface area contributed by atoms with Crippen LogP contribution in [0, 0.1) is 29.6 Å². The lowest BCUT2D eigenvalue weighted by Gasteiger charge is -2.57. The second-order valence-electron chi connectivity index (χ2n) is 8.26. The Kier molecular flexibility index (Phi) is 2.58. The minimum absolute atomic E-state index is 0.294. The van der Waals surface area contributed by atoms with Gasteiger partial charge in [0.1, 0.15) is 0 Å². The van der Waals surface area contributed by atoms with Crippen LogP contribution >= 0.6 is 0 Å². The van der Waals surface area contributed by atoms with Gasteiger partial charge in [-0.2, -0.15) is 0 Å². The topological polar surface area (TPSA) is 24.1 Å². The van der Waals surface area contributed by atoms with E-state index >= 15 is 0 Å². The minimum Gasteiger partial charge on any atom is -0.311 e. The number of hydrogen-bond acceptors (Lipinski definition) is 2. The smallest absolute Gasteiger partial charge is 0.0250 e. The maximum atomic E-state index is 3.87. The fraction of sp³-hybridized carbons (Fsp3) is 1.00. The second-order valence-corrected chi connectivity index (χ2v) is 8.26. The van der Waals surface area contributed by atoms with Gasteiger partial charge in [0, 0.05) is 24.7 Å². The van der Waals surface area contributed by atoms with Crippen LogP contribution in [-0.4, -0.2) is 24.7 Å². The molecule has 0 amide bonds. The minimum atomic E-state index is 0.294. The van der Waals surface area contributed by atoms with Crippen LogP contribution in [-0.2, 0) is 0 Å². The summed E-state index contributed by atoms with van der Waals surface area (Å²) in [5.41, 5.74) is 0.294. The number of hydrogen-bond donors (Lipinski definition) is 2. The zero-order valence-corrected chi connectivity index (χ0v) is 11.9. The van der Waals surface area contributed by atoms with Crippen molar-refractivity contribution in [2.75, 3.05) is 13.1 Å². The lowest BCUT2D eigenvalue weighted by atomic mass is 9.50. The fourth-order valence-electron chi connectivity index (χ4n) is 5.80. The Morgan fingerprint density at radius 2 is 1.50 bits per heavy atom. The van der Waals surface area contributed by atoms with Crippen molar-refractivity contribution in [2.24, 2.45) is 29.6 Å². The highest BCUT2D eigenvalue weighted by molar-refractivity contribution is 5.04. The van der Waals surface area contributed by atoms with Crippen molar-refractivity contribution in [3.63, 3.8) is 0 Å². The van der Waals surface area contributed by atoms with Crippen molar-refractivity contribution in [1.82, 2.24) is 10.6 Å². The Balaban J connectivity index is 1.49. The zero-order chi connectivity index (χ0) is 12.3. The van der Waals surface area contributed by atoms with Gasteiger partial charge in [0.25, 0.3) is 0 Å². The molecule has 0 spiro atoms. The zero-order valence-electron chi connectivity index (χ0n) is 11.9. The highest BCUT2D eigenvalue weighted by Gasteiger charge is 2.51. The van der Waals surface area contributed by atoms with E-state index < -0.39 is 0 Å². The predicted octanol–water partition coefficient (Wildman–Crippen LogP) is 2.40. The third-order valence-corrected chi connectivity index (χ3v) is 6.37. The van der Waals surface area contributed by atoms with Crippen molar-refractivity contribution in [3.05, 3.63) is 0 Å². The first-order valence-electron chi connectivity index (χ1n) is 8.09. The van der Waals surface area contributed by atoms with E-state index in [1.807, 2.05) is 0 Å². The highest BCUT2D eigenvalue weighted by Crippen LogP contribution is 2.57. The predicted molar refractivity (Wildman–Crippen MR) is 74.4 cm³/mol. The van der Waals surface area contributed by atoms with Crippen LogP contribution in [0.2, 0.25) is 0 Å². The summed E-state index contributed by atoms with van der Waals surface area (Å²) in [5.74, 6) is 5.32. The maximum absolute atomic E-state index is 3.87. The van der Waals surface area contributed by atoms with Gasteiger partial charge >= 0.3 is 0 Å². The molecule has 0 aromatic carbocycles. The van der Waals surface area contributed by atoms with Gasteiger partial charge in [0.15, 0.2) is 0 Å². The van der Waals surface area contributed by atoms with Crippen LogP contribution in [0.3, 0.4) is 0 Å². The molecule has 5 aliphatic rings. The molecule has 2 heteroatoms. The number of piperazine rings is 1. The third kappa shape index (κ3) is 1.84. The van der Waals surface area contributed by atoms with Crippen LogP contribution < -0.4 is 10.6 Å². The van der Waals surface area contributed by atoms with E-state index in [1.54, 1.807) is 32.1 Å². The van der Waals surface area contributed by atoms with Crippen molar-refractivity contribution < 1.29 is 0 Å². The van der Waals surface area contributed by atoms with Crippen molar-refractivity contribution in [2.45, 2.75) is 57.5 Å².